The third kappa shape index (κ3) is 3.90. The van der Waals surface area contributed by atoms with Crippen LogP contribution >= 0.6 is 0 Å². The lowest BCUT2D eigenvalue weighted by molar-refractivity contribution is -0.234. The van der Waals surface area contributed by atoms with E-state index in [4.69, 9.17) is 9.47 Å². The van der Waals surface area contributed by atoms with Gasteiger partial charge in [-0.2, -0.15) is 0 Å². The molecule has 1 aliphatic carbocycles. The van der Waals surface area contributed by atoms with E-state index in [0.29, 0.717) is 19.4 Å². The molecule has 0 amide bonds. The first-order chi connectivity index (χ1) is 10.7. The molecule has 0 radical (unpaired) electrons. The number of aliphatic hydroxyl groups excluding tert-OH is 2. The van der Waals surface area contributed by atoms with Gasteiger partial charge in [0.05, 0.1) is 12.7 Å². The van der Waals surface area contributed by atoms with Crippen LogP contribution in [0.25, 0.3) is 0 Å². The first kappa shape index (κ1) is 18.7. The van der Waals surface area contributed by atoms with E-state index >= 15 is 0 Å². The van der Waals surface area contributed by atoms with Crippen molar-refractivity contribution in [3.05, 3.63) is 11.3 Å². The third-order valence-corrected chi connectivity index (χ3v) is 4.94. The molecule has 0 saturated carbocycles. The molecule has 1 fully saturated rings. The van der Waals surface area contributed by atoms with E-state index in [-0.39, 0.29) is 17.3 Å². The second-order valence-electron chi connectivity index (χ2n) is 7.77. The van der Waals surface area contributed by atoms with Crippen LogP contribution in [0.3, 0.4) is 0 Å². The Morgan fingerprint density at radius 1 is 1.30 bits per heavy atom. The summed E-state index contributed by atoms with van der Waals surface area (Å²) in [5.41, 5.74) is 0.734. The zero-order chi connectivity index (χ0) is 17.3. The highest BCUT2D eigenvalue weighted by Crippen LogP contribution is 2.44. The Bertz CT molecular complexity index is 443. The summed E-state index contributed by atoms with van der Waals surface area (Å²) in [5.74, 6) is -1.04. The number of nitrogens with zero attached hydrogens (tertiary/aromatic N) is 1. The summed E-state index contributed by atoms with van der Waals surface area (Å²) in [6.07, 6.45) is 1.22. The molecule has 2 N–H and O–H groups in total. The number of likely N-dealkylation sites (N-methyl/N-ethyl adjacent to an activating group) is 1. The van der Waals surface area contributed by atoms with Crippen molar-refractivity contribution in [2.45, 2.75) is 71.9 Å². The van der Waals surface area contributed by atoms with Gasteiger partial charge in [0.2, 0.25) is 5.79 Å². The van der Waals surface area contributed by atoms with Gasteiger partial charge >= 0.3 is 0 Å². The number of hydrogen-bond donors (Lipinski definition) is 2. The topological polar surface area (TPSA) is 62.2 Å². The van der Waals surface area contributed by atoms with Crippen molar-refractivity contribution in [2.24, 2.45) is 5.41 Å². The van der Waals surface area contributed by atoms with Crippen LogP contribution in [-0.4, -0.2) is 59.3 Å². The number of ether oxygens (including phenoxy) is 2. The van der Waals surface area contributed by atoms with Crippen LogP contribution in [0.1, 0.15) is 53.9 Å². The van der Waals surface area contributed by atoms with E-state index in [1.807, 2.05) is 20.8 Å². The molecule has 0 aromatic rings. The maximum absolute atomic E-state index is 10.6. The monoisotopic (exact) mass is 327 g/mol. The molecule has 5 nitrogen and oxygen atoms in total. The van der Waals surface area contributed by atoms with Crippen LogP contribution < -0.4 is 0 Å². The highest BCUT2D eigenvalue weighted by molar-refractivity contribution is 5.24. The molecule has 3 unspecified atom stereocenters. The minimum absolute atomic E-state index is 0.0327. The maximum atomic E-state index is 10.6. The second kappa shape index (κ2) is 7.09. The quantitative estimate of drug-likeness (QED) is 0.813. The average Bonchev–Trinajstić information content (AvgIpc) is 2.87. The SMILES string of the molecule is CCCN(CC)CC1COC2(CCC(C(C)(C)C)=C(O)C2O)O1. The largest absolute Gasteiger partial charge is 0.509 e. The molecule has 5 heteroatoms. The van der Waals surface area contributed by atoms with E-state index in [2.05, 4.69) is 18.7 Å². The Morgan fingerprint density at radius 3 is 2.57 bits per heavy atom. The van der Waals surface area contributed by atoms with Crippen LogP contribution in [0.15, 0.2) is 11.3 Å². The second-order valence-corrected chi connectivity index (χ2v) is 7.77. The molecule has 1 aliphatic heterocycles. The summed E-state index contributed by atoms with van der Waals surface area (Å²) in [4.78, 5) is 2.33. The summed E-state index contributed by atoms with van der Waals surface area (Å²) in [5, 5.41) is 21.1. The van der Waals surface area contributed by atoms with Gasteiger partial charge in [0.15, 0.2) is 6.10 Å². The highest BCUT2D eigenvalue weighted by Gasteiger charge is 2.52. The molecule has 0 aromatic heterocycles. The van der Waals surface area contributed by atoms with Gasteiger partial charge in [-0.3, -0.25) is 0 Å². The van der Waals surface area contributed by atoms with Gasteiger partial charge in [-0.1, -0.05) is 34.6 Å². The Morgan fingerprint density at radius 2 is 2.00 bits per heavy atom. The van der Waals surface area contributed by atoms with E-state index < -0.39 is 11.9 Å². The summed E-state index contributed by atoms with van der Waals surface area (Å²) >= 11 is 0. The molecule has 1 spiro atoms. The Labute approximate surface area is 140 Å². The van der Waals surface area contributed by atoms with Gasteiger partial charge < -0.3 is 24.6 Å². The normalized spacial score (nSPS) is 32.3. The molecule has 3 atom stereocenters. The lowest BCUT2D eigenvalue weighted by Gasteiger charge is -2.40. The maximum Gasteiger partial charge on any atom is 0.202 e. The van der Waals surface area contributed by atoms with Crippen LogP contribution in [0.4, 0.5) is 0 Å². The number of rotatable bonds is 5. The van der Waals surface area contributed by atoms with Crippen LogP contribution in [0.5, 0.6) is 0 Å². The van der Waals surface area contributed by atoms with Crippen molar-refractivity contribution in [3.8, 4) is 0 Å². The van der Waals surface area contributed by atoms with Gasteiger partial charge in [-0.25, -0.2) is 0 Å². The highest BCUT2D eigenvalue weighted by atomic mass is 16.8. The van der Waals surface area contributed by atoms with Gasteiger partial charge in [-0.05, 0) is 36.9 Å². The molecule has 23 heavy (non-hydrogen) atoms. The van der Waals surface area contributed by atoms with Crippen LogP contribution in [0, 0.1) is 5.41 Å². The van der Waals surface area contributed by atoms with Gasteiger partial charge in [0.1, 0.15) is 5.76 Å². The first-order valence-electron chi connectivity index (χ1n) is 8.88. The van der Waals surface area contributed by atoms with Crippen LogP contribution in [0.2, 0.25) is 0 Å². The van der Waals surface area contributed by atoms with Gasteiger partial charge in [0, 0.05) is 13.0 Å². The van der Waals surface area contributed by atoms with E-state index in [1.54, 1.807) is 0 Å². The minimum Gasteiger partial charge on any atom is -0.509 e. The van der Waals surface area contributed by atoms with Crippen LogP contribution in [-0.2, 0) is 9.47 Å². The average molecular weight is 327 g/mol. The fraction of sp³-hybridized carbons (Fsp3) is 0.889. The summed E-state index contributed by atoms with van der Waals surface area (Å²) < 4.78 is 12.0. The summed E-state index contributed by atoms with van der Waals surface area (Å²) in [7, 11) is 0. The standard InChI is InChI=1S/C18H33NO4/c1-6-10-19(7-2)11-13-12-22-18(23-13)9-8-14(17(3,4)5)15(20)16(18)21/h13,16,20-21H,6-12H2,1-5H3. The molecular formula is C18H33NO4. The van der Waals surface area contributed by atoms with E-state index in [1.165, 1.54) is 0 Å². The van der Waals surface area contributed by atoms with Crippen molar-refractivity contribution in [1.82, 2.24) is 4.90 Å². The molecule has 1 saturated heterocycles. The molecule has 0 bridgehead atoms. The smallest absolute Gasteiger partial charge is 0.202 e. The number of aliphatic hydroxyl groups is 2. The fourth-order valence-electron chi connectivity index (χ4n) is 3.63. The lowest BCUT2D eigenvalue weighted by atomic mass is 9.76. The molecule has 0 aromatic carbocycles. The number of hydrogen-bond acceptors (Lipinski definition) is 5. The molecule has 134 valence electrons. The van der Waals surface area contributed by atoms with Crippen molar-refractivity contribution >= 4 is 0 Å². The molecule has 2 aliphatic rings. The minimum atomic E-state index is -1.10. The molecule has 2 rings (SSSR count). The predicted octanol–water partition coefficient (Wildman–Crippen LogP) is 2.84. The van der Waals surface area contributed by atoms with Crippen molar-refractivity contribution in [2.75, 3.05) is 26.2 Å². The third-order valence-electron chi connectivity index (χ3n) is 4.94. The van der Waals surface area contributed by atoms with E-state index in [9.17, 15) is 10.2 Å². The van der Waals surface area contributed by atoms with Gasteiger partial charge in [0.25, 0.3) is 0 Å². The van der Waals surface area contributed by atoms with Crippen molar-refractivity contribution in [3.63, 3.8) is 0 Å². The predicted molar refractivity (Wildman–Crippen MR) is 90.3 cm³/mol. The molecular weight excluding hydrogens is 294 g/mol. The lowest BCUT2D eigenvalue weighted by Crippen LogP contribution is -2.49. The summed E-state index contributed by atoms with van der Waals surface area (Å²) in [6.45, 7) is 13.7. The zero-order valence-corrected chi connectivity index (χ0v) is 15.3. The summed E-state index contributed by atoms with van der Waals surface area (Å²) in [6, 6.07) is 0. The first-order valence-corrected chi connectivity index (χ1v) is 8.88. The van der Waals surface area contributed by atoms with Crippen molar-refractivity contribution < 1.29 is 19.7 Å². The molecule has 1 heterocycles. The Balaban J connectivity index is 2.07. The van der Waals surface area contributed by atoms with Crippen molar-refractivity contribution in [1.29, 1.82) is 0 Å². The zero-order valence-electron chi connectivity index (χ0n) is 15.3. The van der Waals surface area contributed by atoms with E-state index in [0.717, 1.165) is 31.6 Å². The fourth-order valence-corrected chi connectivity index (χ4v) is 3.63. The Kier molecular flexibility index (Phi) is 5.77. The Hall–Kier alpha value is -0.620. The number of allylic oxidation sites excluding steroid dienone is 1. The van der Waals surface area contributed by atoms with Gasteiger partial charge in [-0.15, -0.1) is 0 Å².